The highest BCUT2D eigenvalue weighted by molar-refractivity contribution is 5.71. The minimum absolute atomic E-state index is 0.0749. The van der Waals surface area contributed by atoms with Crippen LogP contribution in [0.15, 0.2) is 85.1 Å². The summed E-state index contributed by atoms with van der Waals surface area (Å²) in [6.07, 6.45) is 93.3. The fourth-order valence-corrected chi connectivity index (χ4v) is 10.3. The van der Waals surface area contributed by atoms with Crippen LogP contribution in [0.4, 0.5) is 0 Å². The number of hydrogen-bond donors (Lipinski definition) is 0. The van der Waals surface area contributed by atoms with Crippen molar-refractivity contribution < 1.29 is 28.6 Å². The first-order valence-electron chi connectivity index (χ1n) is 35.6. The van der Waals surface area contributed by atoms with E-state index in [2.05, 4.69) is 106 Å². The van der Waals surface area contributed by atoms with Gasteiger partial charge in [-0.1, -0.05) is 331 Å². The van der Waals surface area contributed by atoms with Gasteiger partial charge >= 0.3 is 17.9 Å². The summed E-state index contributed by atoms with van der Waals surface area (Å²) in [7, 11) is 0. The van der Waals surface area contributed by atoms with Crippen molar-refractivity contribution in [2.75, 3.05) is 13.2 Å². The smallest absolute Gasteiger partial charge is 0.306 e. The molecular formula is C76H134O6. The molecule has 0 rings (SSSR count). The molecule has 0 aliphatic carbocycles. The number of unbranched alkanes of at least 4 members (excludes halogenated alkanes) is 40. The third-order valence-electron chi connectivity index (χ3n) is 15.6. The van der Waals surface area contributed by atoms with Gasteiger partial charge in [0.1, 0.15) is 13.2 Å². The summed E-state index contributed by atoms with van der Waals surface area (Å²) in [6, 6.07) is 0. The predicted molar refractivity (Wildman–Crippen MR) is 358 cm³/mol. The van der Waals surface area contributed by atoms with E-state index in [1.807, 2.05) is 0 Å². The van der Waals surface area contributed by atoms with Gasteiger partial charge in [0, 0.05) is 19.3 Å². The molecule has 1 unspecified atom stereocenters. The number of ether oxygens (including phenoxy) is 3. The first kappa shape index (κ1) is 78.6. The molecule has 0 saturated heterocycles. The molecule has 82 heavy (non-hydrogen) atoms. The van der Waals surface area contributed by atoms with Crippen LogP contribution in [0.1, 0.15) is 361 Å². The van der Waals surface area contributed by atoms with Crippen LogP contribution < -0.4 is 0 Å². The number of carbonyl (C=O) groups excluding carboxylic acids is 3. The summed E-state index contributed by atoms with van der Waals surface area (Å²) in [5.74, 6) is -0.867. The maximum Gasteiger partial charge on any atom is 0.306 e. The predicted octanol–water partition coefficient (Wildman–Crippen LogP) is 24.6. The third kappa shape index (κ3) is 67.4. The van der Waals surface area contributed by atoms with Gasteiger partial charge in [-0.2, -0.15) is 0 Å². The SMILES string of the molecule is CC/C=C\C/C=C\C/C=C\C/C=C\C/C=C\C/C=C\CCCCCCCCCCC(=O)OCC(COC(=O)CCCCCCCCCCCC)OC(=O)CCCCCCCCCCCCCCCCC/C=C\CCCCCCCCCC. The molecule has 0 aromatic heterocycles. The molecule has 0 fully saturated rings. The number of hydrogen-bond acceptors (Lipinski definition) is 6. The molecule has 0 heterocycles. The van der Waals surface area contributed by atoms with Crippen molar-refractivity contribution in [3.05, 3.63) is 85.1 Å². The lowest BCUT2D eigenvalue weighted by Crippen LogP contribution is -2.30. The van der Waals surface area contributed by atoms with E-state index in [-0.39, 0.29) is 31.1 Å². The Hall–Kier alpha value is -3.41. The van der Waals surface area contributed by atoms with E-state index in [1.54, 1.807) is 0 Å². The van der Waals surface area contributed by atoms with Gasteiger partial charge in [-0.3, -0.25) is 14.4 Å². The van der Waals surface area contributed by atoms with Gasteiger partial charge in [0.25, 0.3) is 0 Å². The van der Waals surface area contributed by atoms with Gasteiger partial charge in [-0.15, -0.1) is 0 Å². The van der Waals surface area contributed by atoms with E-state index in [0.717, 1.165) is 103 Å². The van der Waals surface area contributed by atoms with E-state index in [4.69, 9.17) is 14.2 Å². The average Bonchev–Trinajstić information content (AvgIpc) is 3.48. The zero-order valence-corrected chi connectivity index (χ0v) is 54.5. The van der Waals surface area contributed by atoms with E-state index < -0.39 is 6.10 Å². The normalized spacial score (nSPS) is 12.6. The van der Waals surface area contributed by atoms with Crippen LogP contribution in [0.3, 0.4) is 0 Å². The summed E-state index contributed by atoms with van der Waals surface area (Å²) in [6.45, 7) is 6.55. The van der Waals surface area contributed by atoms with Crippen LogP contribution in [-0.4, -0.2) is 37.2 Å². The van der Waals surface area contributed by atoms with Crippen molar-refractivity contribution in [2.45, 2.75) is 367 Å². The molecule has 0 amide bonds. The molecule has 0 radical (unpaired) electrons. The minimum Gasteiger partial charge on any atom is -0.462 e. The highest BCUT2D eigenvalue weighted by atomic mass is 16.6. The van der Waals surface area contributed by atoms with Crippen LogP contribution in [0.5, 0.6) is 0 Å². The molecule has 0 aromatic rings. The second kappa shape index (κ2) is 70.1. The number of carbonyl (C=O) groups is 3. The topological polar surface area (TPSA) is 78.9 Å². The minimum atomic E-state index is -0.779. The van der Waals surface area contributed by atoms with E-state index in [0.29, 0.717) is 19.3 Å². The average molecular weight is 1140 g/mol. The standard InChI is InChI=1S/C76H134O6/c1-4-7-10-13-16-19-22-24-26-28-30-32-34-36-38-40-42-44-46-48-50-52-54-57-60-63-66-69-75(78)81-72-73(71-80-74(77)68-65-62-59-56-21-18-15-12-9-6-3)82-76(79)70-67-64-61-58-55-53-51-49-47-45-43-41-39-37-35-33-31-29-27-25-23-20-17-14-11-8-5-2/h7,10,16,19,24,26,29-32,36,38,42,44,73H,4-6,8-9,11-15,17-18,20-23,25,27-28,33-35,37,39-41,43,45-72H2,1-3H3/b10-7-,19-16-,26-24-,31-29-,32-30-,38-36-,44-42-. The third-order valence-corrected chi connectivity index (χ3v) is 15.6. The lowest BCUT2D eigenvalue weighted by atomic mass is 10.0. The van der Waals surface area contributed by atoms with Crippen molar-refractivity contribution in [1.29, 1.82) is 0 Å². The Morgan fingerprint density at radius 1 is 0.256 bits per heavy atom. The summed E-state index contributed by atoms with van der Waals surface area (Å²) in [5.41, 5.74) is 0. The van der Waals surface area contributed by atoms with E-state index in [9.17, 15) is 14.4 Å². The second-order valence-electron chi connectivity index (χ2n) is 23.8. The molecular weight excluding hydrogens is 1010 g/mol. The summed E-state index contributed by atoms with van der Waals surface area (Å²) in [5, 5.41) is 0. The Balaban J connectivity index is 4.20. The van der Waals surface area contributed by atoms with Gasteiger partial charge in [-0.05, 0) is 96.3 Å². The molecule has 6 heteroatoms. The van der Waals surface area contributed by atoms with Crippen LogP contribution in [-0.2, 0) is 28.6 Å². The monoisotopic (exact) mass is 1140 g/mol. The maximum absolute atomic E-state index is 12.9. The quantitative estimate of drug-likeness (QED) is 0.0261. The highest BCUT2D eigenvalue weighted by Gasteiger charge is 2.19. The Labute approximate surface area is 509 Å². The molecule has 0 aliphatic heterocycles. The molecule has 6 nitrogen and oxygen atoms in total. The van der Waals surface area contributed by atoms with Gasteiger partial charge < -0.3 is 14.2 Å². The number of rotatable bonds is 65. The van der Waals surface area contributed by atoms with E-state index in [1.165, 1.54) is 218 Å². The highest BCUT2D eigenvalue weighted by Crippen LogP contribution is 2.18. The van der Waals surface area contributed by atoms with Crippen molar-refractivity contribution in [1.82, 2.24) is 0 Å². The largest absolute Gasteiger partial charge is 0.462 e. The Morgan fingerprint density at radius 3 is 0.756 bits per heavy atom. The zero-order valence-electron chi connectivity index (χ0n) is 54.5. The van der Waals surface area contributed by atoms with Crippen LogP contribution in [0.25, 0.3) is 0 Å². The summed E-state index contributed by atoms with van der Waals surface area (Å²) < 4.78 is 17.0. The summed E-state index contributed by atoms with van der Waals surface area (Å²) >= 11 is 0. The molecule has 0 N–H and O–H groups in total. The number of allylic oxidation sites excluding steroid dienone is 14. The van der Waals surface area contributed by atoms with Crippen LogP contribution in [0, 0.1) is 0 Å². The molecule has 1 atom stereocenters. The molecule has 0 bridgehead atoms. The maximum atomic E-state index is 12.9. The molecule has 0 aromatic carbocycles. The Kier molecular flexibility index (Phi) is 67.2. The van der Waals surface area contributed by atoms with Crippen LogP contribution >= 0.6 is 0 Å². The molecule has 0 aliphatic rings. The molecule has 0 saturated carbocycles. The van der Waals surface area contributed by atoms with E-state index >= 15 is 0 Å². The van der Waals surface area contributed by atoms with Crippen LogP contribution in [0.2, 0.25) is 0 Å². The fraction of sp³-hybridized carbons (Fsp3) is 0.776. The van der Waals surface area contributed by atoms with Crippen molar-refractivity contribution >= 4 is 17.9 Å². The molecule has 0 spiro atoms. The Bertz CT molecular complexity index is 1550. The van der Waals surface area contributed by atoms with Crippen molar-refractivity contribution in [3.63, 3.8) is 0 Å². The molecule has 474 valence electrons. The first-order valence-corrected chi connectivity index (χ1v) is 35.6. The number of esters is 3. The van der Waals surface area contributed by atoms with Crippen molar-refractivity contribution in [3.8, 4) is 0 Å². The lowest BCUT2D eigenvalue weighted by Gasteiger charge is -2.18. The zero-order chi connectivity index (χ0) is 59.2. The second-order valence-corrected chi connectivity index (χ2v) is 23.8. The summed E-state index contributed by atoms with van der Waals surface area (Å²) in [4.78, 5) is 38.4. The van der Waals surface area contributed by atoms with Gasteiger partial charge in [0.15, 0.2) is 6.10 Å². The van der Waals surface area contributed by atoms with Gasteiger partial charge in [-0.25, -0.2) is 0 Å². The van der Waals surface area contributed by atoms with Crippen molar-refractivity contribution in [2.24, 2.45) is 0 Å². The van der Waals surface area contributed by atoms with Gasteiger partial charge in [0.2, 0.25) is 0 Å². The lowest BCUT2D eigenvalue weighted by molar-refractivity contribution is -0.167. The fourth-order valence-electron chi connectivity index (χ4n) is 10.3. The Morgan fingerprint density at radius 2 is 0.476 bits per heavy atom. The first-order chi connectivity index (χ1) is 40.5. The van der Waals surface area contributed by atoms with Gasteiger partial charge in [0.05, 0.1) is 0 Å².